The van der Waals surface area contributed by atoms with Crippen molar-refractivity contribution in [1.82, 2.24) is 19.9 Å². The van der Waals surface area contributed by atoms with Gasteiger partial charge in [-0.05, 0) is 12.1 Å². The summed E-state index contributed by atoms with van der Waals surface area (Å²) >= 11 is 0. The van der Waals surface area contributed by atoms with Gasteiger partial charge in [-0.3, -0.25) is 14.8 Å². The number of nitrogens with zero attached hydrogens (tertiary/aromatic N) is 3. The van der Waals surface area contributed by atoms with E-state index in [0.29, 0.717) is 42.0 Å². The van der Waals surface area contributed by atoms with Gasteiger partial charge < -0.3 is 14.6 Å². The molecule has 3 aromatic rings. The van der Waals surface area contributed by atoms with Crippen molar-refractivity contribution >= 4 is 16.8 Å². The van der Waals surface area contributed by atoms with Gasteiger partial charge >= 0.3 is 0 Å². The van der Waals surface area contributed by atoms with E-state index in [1.165, 1.54) is 6.07 Å². The first kappa shape index (κ1) is 14.8. The van der Waals surface area contributed by atoms with Crippen molar-refractivity contribution in [2.45, 2.75) is 6.10 Å². The quantitative estimate of drug-likeness (QED) is 0.784. The van der Waals surface area contributed by atoms with E-state index in [1.807, 2.05) is 0 Å². The molecule has 24 heavy (non-hydrogen) atoms. The number of benzene rings is 1. The monoisotopic (exact) mass is 326 g/mol. The highest BCUT2D eigenvalue weighted by molar-refractivity contribution is 5.98. The summed E-state index contributed by atoms with van der Waals surface area (Å²) in [7, 11) is 0. The summed E-state index contributed by atoms with van der Waals surface area (Å²) in [6.45, 7) is 1.28. The maximum atomic E-state index is 13.8. The molecule has 1 amide bonds. The third kappa shape index (κ3) is 2.63. The molecule has 1 aliphatic rings. The Kier molecular flexibility index (Phi) is 3.70. The SMILES string of the molecule is O=C(c1cc2cccc(F)c2[nH]1)N1CCO[C@H](c2cnccn2)C1. The fourth-order valence-corrected chi connectivity index (χ4v) is 2.89. The van der Waals surface area contributed by atoms with Crippen LogP contribution in [0.4, 0.5) is 4.39 Å². The first-order valence-electron chi connectivity index (χ1n) is 7.66. The van der Waals surface area contributed by atoms with Crippen LogP contribution < -0.4 is 0 Å². The predicted octanol–water partition coefficient (Wildman–Crippen LogP) is 2.31. The van der Waals surface area contributed by atoms with Gasteiger partial charge in [0.05, 0.1) is 30.6 Å². The number of halogens is 1. The van der Waals surface area contributed by atoms with Gasteiger partial charge in [-0.1, -0.05) is 12.1 Å². The smallest absolute Gasteiger partial charge is 0.270 e. The highest BCUT2D eigenvalue weighted by Gasteiger charge is 2.28. The van der Waals surface area contributed by atoms with Crippen molar-refractivity contribution in [3.8, 4) is 0 Å². The van der Waals surface area contributed by atoms with Crippen LogP contribution in [0.1, 0.15) is 22.3 Å². The molecule has 6 nitrogen and oxygen atoms in total. The lowest BCUT2D eigenvalue weighted by molar-refractivity contribution is -0.0250. The zero-order valence-electron chi connectivity index (χ0n) is 12.8. The Morgan fingerprint density at radius 2 is 2.29 bits per heavy atom. The molecule has 2 aromatic heterocycles. The molecule has 1 N–H and O–H groups in total. The van der Waals surface area contributed by atoms with Gasteiger partial charge in [-0.2, -0.15) is 0 Å². The number of fused-ring (bicyclic) bond motifs is 1. The molecule has 122 valence electrons. The Labute approximate surface area is 137 Å². The summed E-state index contributed by atoms with van der Waals surface area (Å²) < 4.78 is 19.5. The first-order chi connectivity index (χ1) is 11.7. The normalized spacial score (nSPS) is 18.0. The number of amides is 1. The van der Waals surface area contributed by atoms with Crippen molar-refractivity contribution in [1.29, 1.82) is 0 Å². The van der Waals surface area contributed by atoms with Crippen LogP contribution in [0.3, 0.4) is 0 Å². The van der Waals surface area contributed by atoms with Gasteiger partial charge in [-0.25, -0.2) is 4.39 Å². The Hall–Kier alpha value is -2.80. The molecule has 1 aromatic carbocycles. The average Bonchev–Trinajstić information content (AvgIpc) is 3.08. The summed E-state index contributed by atoms with van der Waals surface area (Å²) in [5, 5.41) is 0.678. The van der Waals surface area contributed by atoms with Gasteiger partial charge in [0, 0.05) is 24.3 Å². The molecule has 0 radical (unpaired) electrons. The number of rotatable bonds is 2. The number of aromatic amines is 1. The van der Waals surface area contributed by atoms with Crippen LogP contribution in [0.15, 0.2) is 42.9 Å². The summed E-state index contributed by atoms with van der Waals surface area (Å²) in [5.74, 6) is -0.547. The number of H-pyrrole nitrogens is 1. The molecule has 3 heterocycles. The second-order valence-electron chi connectivity index (χ2n) is 5.63. The van der Waals surface area contributed by atoms with Gasteiger partial charge in [0.2, 0.25) is 0 Å². The van der Waals surface area contributed by atoms with E-state index >= 15 is 0 Å². The molecule has 0 saturated carbocycles. The van der Waals surface area contributed by atoms with Gasteiger partial charge in [0.15, 0.2) is 0 Å². The number of para-hydroxylation sites is 1. The second kappa shape index (κ2) is 6.01. The molecule has 1 fully saturated rings. The number of aromatic nitrogens is 3. The minimum Gasteiger partial charge on any atom is -0.368 e. The van der Waals surface area contributed by atoms with Crippen molar-refractivity contribution in [3.63, 3.8) is 0 Å². The largest absolute Gasteiger partial charge is 0.368 e. The Morgan fingerprint density at radius 3 is 3.08 bits per heavy atom. The molecule has 1 atom stereocenters. The van der Waals surface area contributed by atoms with Crippen LogP contribution in [0.5, 0.6) is 0 Å². The lowest BCUT2D eigenvalue weighted by Gasteiger charge is -2.32. The lowest BCUT2D eigenvalue weighted by Crippen LogP contribution is -2.42. The molecule has 7 heteroatoms. The maximum absolute atomic E-state index is 13.8. The molecular formula is C17H15FN4O2. The summed E-state index contributed by atoms with van der Waals surface area (Å²) in [6.07, 6.45) is 4.52. The molecule has 0 aliphatic carbocycles. The zero-order chi connectivity index (χ0) is 16.5. The van der Waals surface area contributed by atoms with Crippen LogP contribution in [-0.4, -0.2) is 45.5 Å². The summed E-state index contributed by atoms with van der Waals surface area (Å²) in [4.78, 5) is 25.6. The van der Waals surface area contributed by atoms with E-state index in [1.54, 1.807) is 41.7 Å². The molecular weight excluding hydrogens is 311 g/mol. The summed E-state index contributed by atoms with van der Waals surface area (Å²) in [5.41, 5.74) is 1.41. The standard InChI is InChI=1S/C17H15FN4O2/c18-12-3-1-2-11-8-13(21-16(11)12)17(23)22-6-7-24-15(10-22)14-9-19-4-5-20-14/h1-5,8-9,15,21H,6-7,10H2/t15-/m0/s1. The molecule has 1 aliphatic heterocycles. The van der Waals surface area contributed by atoms with E-state index in [-0.39, 0.29) is 17.8 Å². The van der Waals surface area contributed by atoms with E-state index in [2.05, 4.69) is 15.0 Å². The minimum atomic E-state index is -0.369. The highest BCUT2D eigenvalue weighted by Crippen LogP contribution is 2.23. The topological polar surface area (TPSA) is 71.1 Å². The summed E-state index contributed by atoms with van der Waals surface area (Å²) in [6, 6.07) is 6.44. The number of morpholine rings is 1. The van der Waals surface area contributed by atoms with Crippen LogP contribution in [0.2, 0.25) is 0 Å². The van der Waals surface area contributed by atoms with Crippen LogP contribution in [-0.2, 0) is 4.74 Å². The number of hydrogen-bond acceptors (Lipinski definition) is 4. The molecule has 0 unspecified atom stereocenters. The predicted molar refractivity (Wildman–Crippen MR) is 84.9 cm³/mol. The van der Waals surface area contributed by atoms with Crippen LogP contribution in [0.25, 0.3) is 10.9 Å². The number of ether oxygens (including phenoxy) is 1. The fourth-order valence-electron chi connectivity index (χ4n) is 2.89. The van der Waals surface area contributed by atoms with Crippen molar-refractivity contribution in [2.24, 2.45) is 0 Å². The minimum absolute atomic E-state index is 0.178. The van der Waals surface area contributed by atoms with Crippen LogP contribution >= 0.6 is 0 Å². The molecule has 0 bridgehead atoms. The Morgan fingerprint density at radius 1 is 1.38 bits per heavy atom. The Balaban J connectivity index is 1.58. The maximum Gasteiger partial charge on any atom is 0.270 e. The number of carbonyl (C=O) groups excluding carboxylic acids is 1. The van der Waals surface area contributed by atoms with Gasteiger partial charge in [-0.15, -0.1) is 0 Å². The van der Waals surface area contributed by atoms with E-state index in [0.717, 1.165) is 0 Å². The third-order valence-electron chi connectivity index (χ3n) is 4.10. The first-order valence-corrected chi connectivity index (χ1v) is 7.66. The zero-order valence-corrected chi connectivity index (χ0v) is 12.8. The highest BCUT2D eigenvalue weighted by atomic mass is 19.1. The van der Waals surface area contributed by atoms with Crippen molar-refractivity contribution < 1.29 is 13.9 Å². The van der Waals surface area contributed by atoms with E-state index in [4.69, 9.17) is 4.74 Å². The fraction of sp³-hybridized carbons (Fsp3) is 0.235. The average molecular weight is 326 g/mol. The second-order valence-corrected chi connectivity index (χ2v) is 5.63. The van der Waals surface area contributed by atoms with Crippen LogP contribution in [0, 0.1) is 5.82 Å². The van der Waals surface area contributed by atoms with E-state index < -0.39 is 0 Å². The van der Waals surface area contributed by atoms with Gasteiger partial charge in [0.25, 0.3) is 5.91 Å². The van der Waals surface area contributed by atoms with Crippen molar-refractivity contribution in [2.75, 3.05) is 19.7 Å². The lowest BCUT2D eigenvalue weighted by atomic mass is 10.2. The Bertz CT molecular complexity index is 881. The van der Waals surface area contributed by atoms with E-state index in [9.17, 15) is 9.18 Å². The van der Waals surface area contributed by atoms with Gasteiger partial charge in [0.1, 0.15) is 17.6 Å². The molecule has 0 spiro atoms. The number of nitrogens with one attached hydrogen (secondary N) is 1. The third-order valence-corrected chi connectivity index (χ3v) is 4.10. The van der Waals surface area contributed by atoms with Crippen molar-refractivity contribution in [3.05, 3.63) is 60.1 Å². The number of carbonyl (C=O) groups is 1. The number of hydrogen-bond donors (Lipinski definition) is 1. The molecule has 1 saturated heterocycles. The molecule has 4 rings (SSSR count).